The van der Waals surface area contributed by atoms with E-state index in [4.69, 9.17) is 14.9 Å². The Morgan fingerprint density at radius 2 is 1.79 bits per heavy atom. The van der Waals surface area contributed by atoms with Crippen molar-refractivity contribution in [2.24, 2.45) is 5.73 Å². The Balaban J connectivity index is 2.62. The van der Waals surface area contributed by atoms with Crippen LogP contribution in [0.1, 0.15) is 32.4 Å². The van der Waals surface area contributed by atoms with E-state index < -0.39 is 8.32 Å². The number of aromatic nitrogens is 2. The van der Waals surface area contributed by atoms with Crippen LogP contribution in [-0.2, 0) is 4.43 Å². The smallest absolute Gasteiger partial charge is 0.316 e. The van der Waals surface area contributed by atoms with E-state index in [0.29, 0.717) is 12.6 Å². The Hall–Kier alpha value is -0.983. The average molecular weight is 283 g/mol. The van der Waals surface area contributed by atoms with Gasteiger partial charge in [0.2, 0.25) is 0 Å². The second-order valence-corrected chi connectivity index (χ2v) is 11.0. The molecule has 0 saturated carbocycles. The largest absolute Gasteiger partial charge is 0.467 e. The van der Waals surface area contributed by atoms with Gasteiger partial charge in [0, 0.05) is 18.0 Å². The minimum atomic E-state index is -1.76. The van der Waals surface area contributed by atoms with Crippen molar-refractivity contribution in [1.29, 1.82) is 0 Å². The van der Waals surface area contributed by atoms with Gasteiger partial charge in [0.15, 0.2) is 8.32 Å². The first kappa shape index (κ1) is 16.1. The predicted molar refractivity (Wildman–Crippen MR) is 78.7 cm³/mol. The molecule has 0 aliphatic rings. The van der Waals surface area contributed by atoms with Gasteiger partial charge < -0.3 is 14.9 Å². The number of nitrogens with zero attached hydrogens (tertiary/aromatic N) is 2. The monoisotopic (exact) mass is 283 g/mol. The summed E-state index contributed by atoms with van der Waals surface area (Å²) in [6.45, 7) is 11.5. The second kappa shape index (κ2) is 5.98. The van der Waals surface area contributed by atoms with E-state index in [-0.39, 0.29) is 11.1 Å². The number of ether oxygens (including phenoxy) is 1. The van der Waals surface area contributed by atoms with Crippen molar-refractivity contribution < 1.29 is 9.16 Å². The van der Waals surface area contributed by atoms with E-state index in [2.05, 4.69) is 43.8 Å². The molecule has 1 heterocycles. The molecule has 0 spiro atoms. The fourth-order valence-corrected chi connectivity index (χ4v) is 2.26. The fourth-order valence-electron chi connectivity index (χ4n) is 1.23. The second-order valence-electron chi connectivity index (χ2n) is 6.18. The van der Waals surface area contributed by atoms with Crippen LogP contribution in [0, 0.1) is 0 Å². The van der Waals surface area contributed by atoms with E-state index in [1.165, 1.54) is 7.11 Å². The molecule has 6 heteroatoms. The Kier molecular flexibility index (Phi) is 5.06. The molecule has 2 N–H and O–H groups in total. The zero-order chi connectivity index (χ0) is 14.7. The van der Waals surface area contributed by atoms with Crippen molar-refractivity contribution in [3.05, 3.63) is 18.0 Å². The van der Waals surface area contributed by atoms with Crippen molar-refractivity contribution in [1.82, 2.24) is 9.97 Å². The minimum Gasteiger partial charge on any atom is -0.467 e. The minimum absolute atomic E-state index is 0.184. The van der Waals surface area contributed by atoms with Gasteiger partial charge in [0.1, 0.15) is 0 Å². The number of nitrogens with two attached hydrogens (primary N) is 1. The predicted octanol–water partition coefficient (Wildman–Crippen LogP) is 2.51. The molecule has 1 atom stereocenters. The molecule has 0 radical (unpaired) electrons. The molecule has 1 rings (SSSR count). The van der Waals surface area contributed by atoms with Crippen molar-refractivity contribution in [3.8, 4) is 6.01 Å². The number of methoxy groups -OCH3 is 1. The topological polar surface area (TPSA) is 70.3 Å². The van der Waals surface area contributed by atoms with Crippen LogP contribution in [0.3, 0.4) is 0 Å². The molecule has 0 aliphatic carbocycles. The summed E-state index contributed by atoms with van der Waals surface area (Å²) in [7, 11) is -0.227. The van der Waals surface area contributed by atoms with Crippen LogP contribution in [0.25, 0.3) is 0 Å². The SMILES string of the molecule is COc1ncc([C@H](N)CO[Si](C)(C)C(C)(C)C)cn1. The molecule has 0 bridgehead atoms. The molecule has 0 aromatic carbocycles. The molecule has 108 valence electrons. The zero-order valence-electron chi connectivity index (χ0n) is 12.7. The highest BCUT2D eigenvalue weighted by molar-refractivity contribution is 6.74. The van der Waals surface area contributed by atoms with Gasteiger partial charge in [-0.05, 0) is 18.1 Å². The average Bonchev–Trinajstić information content (AvgIpc) is 2.35. The summed E-state index contributed by atoms with van der Waals surface area (Å²) < 4.78 is 11.0. The van der Waals surface area contributed by atoms with Crippen LogP contribution in [0.2, 0.25) is 18.1 Å². The van der Waals surface area contributed by atoms with Gasteiger partial charge in [-0.15, -0.1) is 0 Å². The van der Waals surface area contributed by atoms with Crippen LogP contribution in [-0.4, -0.2) is 32.0 Å². The zero-order valence-corrected chi connectivity index (χ0v) is 13.7. The molecule has 0 amide bonds. The number of hydrogen-bond acceptors (Lipinski definition) is 5. The molecular formula is C13H25N3O2Si. The van der Waals surface area contributed by atoms with Crippen molar-refractivity contribution in [2.75, 3.05) is 13.7 Å². The summed E-state index contributed by atoms with van der Waals surface area (Å²) in [6, 6.07) is 0.140. The number of rotatable bonds is 5. The molecule has 19 heavy (non-hydrogen) atoms. The highest BCUT2D eigenvalue weighted by Crippen LogP contribution is 2.36. The van der Waals surface area contributed by atoms with Crippen LogP contribution in [0.15, 0.2) is 12.4 Å². The maximum absolute atomic E-state index is 6.11. The van der Waals surface area contributed by atoms with Gasteiger partial charge in [0.05, 0.1) is 19.8 Å². The van der Waals surface area contributed by atoms with Gasteiger partial charge in [-0.3, -0.25) is 0 Å². The molecule has 1 aromatic rings. The van der Waals surface area contributed by atoms with Crippen LogP contribution < -0.4 is 10.5 Å². The van der Waals surface area contributed by atoms with Gasteiger partial charge in [-0.2, -0.15) is 0 Å². The molecule has 5 nitrogen and oxygen atoms in total. The third-order valence-corrected chi connectivity index (χ3v) is 8.19. The van der Waals surface area contributed by atoms with E-state index >= 15 is 0 Å². The normalized spacial score (nSPS) is 14.3. The van der Waals surface area contributed by atoms with Crippen molar-refractivity contribution in [3.63, 3.8) is 0 Å². The Morgan fingerprint density at radius 1 is 1.26 bits per heavy atom. The van der Waals surface area contributed by atoms with Crippen LogP contribution in [0.5, 0.6) is 6.01 Å². The molecule has 1 aromatic heterocycles. The lowest BCUT2D eigenvalue weighted by Gasteiger charge is -2.36. The molecule has 0 unspecified atom stereocenters. The molecule has 0 saturated heterocycles. The van der Waals surface area contributed by atoms with Gasteiger partial charge in [-0.25, -0.2) is 9.97 Å². The maximum atomic E-state index is 6.11. The van der Waals surface area contributed by atoms with Crippen molar-refractivity contribution in [2.45, 2.75) is 44.9 Å². The number of hydrogen-bond donors (Lipinski definition) is 1. The first-order chi connectivity index (χ1) is 8.67. The lowest BCUT2D eigenvalue weighted by atomic mass is 10.2. The standard InChI is InChI=1S/C13H25N3O2Si/c1-13(2,3)19(5,6)18-9-11(14)10-7-15-12(17-4)16-8-10/h7-8,11H,9,14H2,1-6H3/t11-/m1/s1. The van der Waals surface area contributed by atoms with Gasteiger partial charge >= 0.3 is 6.01 Å². The first-order valence-electron chi connectivity index (χ1n) is 6.43. The van der Waals surface area contributed by atoms with Crippen molar-refractivity contribution >= 4 is 8.32 Å². The first-order valence-corrected chi connectivity index (χ1v) is 9.33. The van der Waals surface area contributed by atoms with E-state index in [9.17, 15) is 0 Å². The van der Waals surface area contributed by atoms with Crippen LogP contribution >= 0.6 is 0 Å². The molecular weight excluding hydrogens is 258 g/mol. The molecule has 0 fully saturated rings. The highest BCUT2D eigenvalue weighted by Gasteiger charge is 2.37. The Bertz CT molecular complexity index is 401. The quantitative estimate of drug-likeness (QED) is 0.841. The third kappa shape index (κ3) is 4.26. The summed E-state index contributed by atoms with van der Waals surface area (Å²) >= 11 is 0. The van der Waals surface area contributed by atoms with Gasteiger partial charge in [-0.1, -0.05) is 20.8 Å². The summed E-state index contributed by atoms with van der Waals surface area (Å²) in [5.41, 5.74) is 6.97. The highest BCUT2D eigenvalue weighted by atomic mass is 28.4. The third-order valence-electron chi connectivity index (χ3n) is 3.69. The van der Waals surface area contributed by atoms with E-state index in [1.807, 2.05) is 0 Å². The van der Waals surface area contributed by atoms with E-state index in [0.717, 1.165) is 5.56 Å². The van der Waals surface area contributed by atoms with E-state index in [1.54, 1.807) is 12.4 Å². The summed E-state index contributed by atoms with van der Waals surface area (Å²) in [5, 5.41) is 0.184. The fraction of sp³-hybridized carbons (Fsp3) is 0.692. The summed E-state index contributed by atoms with van der Waals surface area (Å²) in [5.74, 6) is 0. The Morgan fingerprint density at radius 3 is 2.21 bits per heavy atom. The summed E-state index contributed by atoms with van der Waals surface area (Å²) in [4.78, 5) is 8.11. The lowest BCUT2D eigenvalue weighted by Crippen LogP contribution is -2.42. The van der Waals surface area contributed by atoms with Crippen LogP contribution in [0.4, 0.5) is 0 Å². The summed E-state index contributed by atoms with van der Waals surface area (Å²) in [6.07, 6.45) is 3.37. The molecule has 0 aliphatic heterocycles. The Labute approximate surface area is 116 Å². The van der Waals surface area contributed by atoms with Gasteiger partial charge in [0.25, 0.3) is 0 Å². The lowest BCUT2D eigenvalue weighted by molar-refractivity contribution is 0.264. The maximum Gasteiger partial charge on any atom is 0.316 e.